The summed E-state index contributed by atoms with van der Waals surface area (Å²) in [6.45, 7) is 1.69. The summed E-state index contributed by atoms with van der Waals surface area (Å²) in [7, 11) is 1.61. The topological polar surface area (TPSA) is 38.7 Å². The van der Waals surface area contributed by atoms with Crippen molar-refractivity contribution >= 4 is 27.5 Å². The molecule has 0 fully saturated rings. The number of aliphatic hydroxyl groups excluding tert-OH is 1. The highest BCUT2D eigenvalue weighted by Gasteiger charge is 2.10. The molecule has 2 aromatic rings. The van der Waals surface area contributed by atoms with Gasteiger partial charge in [0.1, 0.15) is 17.2 Å². The summed E-state index contributed by atoms with van der Waals surface area (Å²) in [6.07, 6.45) is -0.561. The summed E-state index contributed by atoms with van der Waals surface area (Å²) >= 11 is 9.58. The molecule has 0 heterocycles. The Bertz CT molecular complexity index is 614. The van der Waals surface area contributed by atoms with Crippen molar-refractivity contribution < 1.29 is 14.6 Å². The van der Waals surface area contributed by atoms with Crippen LogP contribution in [0.2, 0.25) is 5.02 Å². The van der Waals surface area contributed by atoms with E-state index in [9.17, 15) is 5.11 Å². The van der Waals surface area contributed by atoms with Crippen LogP contribution in [-0.4, -0.2) is 12.2 Å². The molecule has 20 heavy (non-hydrogen) atoms. The molecule has 1 atom stereocenters. The van der Waals surface area contributed by atoms with E-state index in [1.807, 2.05) is 6.07 Å². The second-order valence-electron chi connectivity index (χ2n) is 4.26. The van der Waals surface area contributed by atoms with Crippen molar-refractivity contribution in [2.75, 3.05) is 7.11 Å². The lowest BCUT2D eigenvalue weighted by atomic mass is 10.1. The Kier molecular flexibility index (Phi) is 4.91. The van der Waals surface area contributed by atoms with Crippen LogP contribution in [0, 0.1) is 0 Å². The summed E-state index contributed by atoms with van der Waals surface area (Å²) in [6, 6.07) is 10.6. The number of hydrogen-bond donors (Lipinski definition) is 1. The van der Waals surface area contributed by atoms with Crippen LogP contribution in [0.5, 0.6) is 17.2 Å². The number of hydrogen-bond acceptors (Lipinski definition) is 3. The van der Waals surface area contributed by atoms with Gasteiger partial charge in [-0.25, -0.2) is 0 Å². The maximum atomic E-state index is 9.51. The summed E-state index contributed by atoms with van der Waals surface area (Å²) < 4.78 is 11.7. The Hall–Kier alpha value is -1.23. The van der Waals surface area contributed by atoms with Gasteiger partial charge in [-0.3, -0.25) is 0 Å². The van der Waals surface area contributed by atoms with Crippen LogP contribution in [-0.2, 0) is 0 Å². The fraction of sp³-hybridized carbons (Fsp3) is 0.200. The molecule has 0 bridgehead atoms. The van der Waals surface area contributed by atoms with Crippen molar-refractivity contribution in [1.29, 1.82) is 0 Å². The second-order valence-corrected chi connectivity index (χ2v) is 5.53. The van der Waals surface area contributed by atoms with E-state index in [0.29, 0.717) is 16.5 Å². The highest BCUT2D eigenvalue weighted by atomic mass is 79.9. The Balaban J connectivity index is 2.26. The summed E-state index contributed by atoms with van der Waals surface area (Å²) in [4.78, 5) is 0. The number of halogens is 2. The molecule has 0 saturated carbocycles. The molecule has 0 aliphatic heterocycles. The first-order valence-electron chi connectivity index (χ1n) is 6.00. The molecule has 106 valence electrons. The van der Waals surface area contributed by atoms with Crippen LogP contribution in [0.25, 0.3) is 0 Å². The molecular formula is C15H14BrClO3. The molecule has 0 amide bonds. The number of methoxy groups -OCH3 is 1. The molecule has 0 saturated heterocycles. The third-order valence-electron chi connectivity index (χ3n) is 2.80. The number of rotatable bonds is 4. The summed E-state index contributed by atoms with van der Waals surface area (Å²) in [5.74, 6) is 1.90. The summed E-state index contributed by atoms with van der Waals surface area (Å²) in [5, 5.41) is 9.96. The Morgan fingerprint density at radius 1 is 1.15 bits per heavy atom. The van der Waals surface area contributed by atoms with Crippen LogP contribution in [0.15, 0.2) is 40.9 Å². The smallest absolute Gasteiger partial charge is 0.146 e. The van der Waals surface area contributed by atoms with Gasteiger partial charge in [0.05, 0.1) is 22.7 Å². The first kappa shape index (κ1) is 15.2. The third-order valence-corrected chi connectivity index (χ3v) is 3.71. The maximum absolute atomic E-state index is 9.51. The maximum Gasteiger partial charge on any atom is 0.146 e. The van der Waals surface area contributed by atoms with E-state index in [1.54, 1.807) is 44.4 Å². The SMILES string of the molecule is COc1ccc(Oc2ccc([C@@H](C)O)cc2Cl)c(Br)c1. The Labute approximate surface area is 131 Å². The summed E-state index contributed by atoms with van der Waals surface area (Å²) in [5.41, 5.74) is 0.746. The van der Waals surface area contributed by atoms with Gasteiger partial charge in [0.25, 0.3) is 0 Å². The van der Waals surface area contributed by atoms with Gasteiger partial charge < -0.3 is 14.6 Å². The van der Waals surface area contributed by atoms with E-state index in [1.165, 1.54) is 0 Å². The van der Waals surface area contributed by atoms with E-state index in [0.717, 1.165) is 15.8 Å². The molecule has 0 radical (unpaired) electrons. The van der Waals surface area contributed by atoms with Crippen LogP contribution in [0.4, 0.5) is 0 Å². The van der Waals surface area contributed by atoms with Gasteiger partial charge in [-0.15, -0.1) is 0 Å². The third kappa shape index (κ3) is 3.45. The van der Waals surface area contributed by atoms with Crippen molar-refractivity contribution in [2.45, 2.75) is 13.0 Å². The first-order valence-corrected chi connectivity index (χ1v) is 7.17. The average Bonchev–Trinajstić information content (AvgIpc) is 2.42. The minimum absolute atomic E-state index is 0.450. The zero-order chi connectivity index (χ0) is 14.7. The molecule has 0 aliphatic rings. The molecule has 3 nitrogen and oxygen atoms in total. The highest BCUT2D eigenvalue weighted by Crippen LogP contribution is 2.36. The largest absolute Gasteiger partial charge is 0.497 e. The standard InChI is InChI=1S/C15H14BrClO3/c1-9(18)10-3-5-15(13(17)7-10)20-14-6-4-11(19-2)8-12(14)16/h3-9,18H,1-2H3/t9-/m1/s1. The van der Waals surface area contributed by atoms with Crippen molar-refractivity contribution in [2.24, 2.45) is 0 Å². The fourth-order valence-electron chi connectivity index (χ4n) is 1.67. The average molecular weight is 358 g/mol. The van der Waals surface area contributed by atoms with Gasteiger partial charge in [-0.1, -0.05) is 17.7 Å². The predicted molar refractivity (Wildman–Crippen MR) is 82.9 cm³/mol. The fourth-order valence-corrected chi connectivity index (χ4v) is 2.34. The van der Waals surface area contributed by atoms with Gasteiger partial charge in [-0.2, -0.15) is 0 Å². The Morgan fingerprint density at radius 3 is 2.40 bits per heavy atom. The van der Waals surface area contributed by atoms with Gasteiger partial charge in [0.2, 0.25) is 0 Å². The van der Waals surface area contributed by atoms with Crippen LogP contribution >= 0.6 is 27.5 Å². The molecule has 0 unspecified atom stereocenters. The minimum Gasteiger partial charge on any atom is -0.497 e. The van der Waals surface area contributed by atoms with Crippen LogP contribution < -0.4 is 9.47 Å². The van der Waals surface area contributed by atoms with Gasteiger partial charge in [0, 0.05) is 0 Å². The predicted octanol–water partition coefficient (Wildman–Crippen LogP) is 4.96. The van der Waals surface area contributed by atoms with E-state index in [2.05, 4.69) is 15.9 Å². The van der Waals surface area contributed by atoms with Crippen molar-refractivity contribution in [3.63, 3.8) is 0 Å². The zero-order valence-corrected chi connectivity index (χ0v) is 13.4. The van der Waals surface area contributed by atoms with Crippen molar-refractivity contribution in [1.82, 2.24) is 0 Å². The van der Waals surface area contributed by atoms with E-state index in [4.69, 9.17) is 21.1 Å². The van der Waals surface area contributed by atoms with Gasteiger partial charge in [0.15, 0.2) is 0 Å². The van der Waals surface area contributed by atoms with Crippen LogP contribution in [0.1, 0.15) is 18.6 Å². The van der Waals surface area contributed by atoms with Crippen molar-refractivity contribution in [3.05, 3.63) is 51.5 Å². The Morgan fingerprint density at radius 2 is 1.85 bits per heavy atom. The van der Waals surface area contributed by atoms with E-state index in [-0.39, 0.29) is 0 Å². The quantitative estimate of drug-likeness (QED) is 0.841. The molecule has 0 aliphatic carbocycles. The lowest BCUT2D eigenvalue weighted by Crippen LogP contribution is -1.93. The molecular weight excluding hydrogens is 344 g/mol. The lowest BCUT2D eigenvalue weighted by Gasteiger charge is -2.12. The number of benzene rings is 2. The molecule has 5 heteroatoms. The lowest BCUT2D eigenvalue weighted by molar-refractivity contribution is 0.199. The highest BCUT2D eigenvalue weighted by molar-refractivity contribution is 9.10. The molecule has 1 N–H and O–H groups in total. The molecule has 2 rings (SSSR count). The molecule has 0 aromatic heterocycles. The minimum atomic E-state index is -0.561. The monoisotopic (exact) mass is 356 g/mol. The normalized spacial score (nSPS) is 12.1. The van der Waals surface area contributed by atoms with Gasteiger partial charge in [-0.05, 0) is 58.7 Å². The van der Waals surface area contributed by atoms with Crippen LogP contribution in [0.3, 0.4) is 0 Å². The van der Waals surface area contributed by atoms with Gasteiger partial charge >= 0.3 is 0 Å². The molecule has 2 aromatic carbocycles. The first-order chi connectivity index (χ1) is 9.51. The van der Waals surface area contributed by atoms with E-state index < -0.39 is 6.10 Å². The van der Waals surface area contributed by atoms with Crippen molar-refractivity contribution in [3.8, 4) is 17.2 Å². The second kappa shape index (κ2) is 6.48. The zero-order valence-electron chi connectivity index (χ0n) is 11.1. The number of ether oxygens (including phenoxy) is 2. The number of aliphatic hydroxyl groups is 1. The van der Waals surface area contributed by atoms with E-state index >= 15 is 0 Å². The molecule has 0 spiro atoms.